The fraction of sp³-hybridized carbons (Fsp3) is 0.214. The molecule has 8 nitrogen and oxygen atoms in total. The van der Waals surface area contributed by atoms with Crippen LogP contribution in [0, 0.1) is 6.92 Å². The fourth-order valence-electron chi connectivity index (χ4n) is 5.21. The van der Waals surface area contributed by atoms with Gasteiger partial charge in [-0.3, -0.25) is 15.0 Å². The van der Waals surface area contributed by atoms with E-state index in [2.05, 4.69) is 64.9 Å². The van der Waals surface area contributed by atoms with Crippen molar-refractivity contribution < 1.29 is 0 Å². The number of H-pyrrole nitrogens is 2. The standard InChI is InChI=1S/C28H26N8/c1-18-15-36(17-30-18)26-6-4-5-23-21(26)12-25(31-23)28-27-24(33-34-28)8-7-22(32-27)20-11-19(13-29-14-20)16-35-9-2-3-10-35/h4-8,11-15,17,31H,2-3,9-10,16H2,1H3,(H,33,34). The lowest BCUT2D eigenvalue weighted by Crippen LogP contribution is -2.18. The molecule has 0 aliphatic carbocycles. The highest BCUT2D eigenvalue weighted by molar-refractivity contribution is 5.97. The van der Waals surface area contributed by atoms with E-state index in [9.17, 15) is 0 Å². The number of nitrogens with one attached hydrogen (secondary N) is 2. The highest BCUT2D eigenvalue weighted by Crippen LogP contribution is 2.32. The van der Waals surface area contributed by atoms with E-state index >= 15 is 0 Å². The van der Waals surface area contributed by atoms with Crippen LogP contribution in [-0.2, 0) is 6.54 Å². The number of likely N-dealkylation sites (tertiary alicyclic amines) is 1. The Bertz CT molecular complexity index is 1700. The Hall–Kier alpha value is -4.30. The summed E-state index contributed by atoms with van der Waals surface area (Å²) in [6.07, 6.45) is 10.3. The summed E-state index contributed by atoms with van der Waals surface area (Å²) >= 11 is 0. The van der Waals surface area contributed by atoms with Crippen LogP contribution >= 0.6 is 0 Å². The van der Waals surface area contributed by atoms with E-state index in [0.29, 0.717) is 0 Å². The Labute approximate surface area is 208 Å². The lowest BCUT2D eigenvalue weighted by molar-refractivity contribution is 0.331. The van der Waals surface area contributed by atoms with E-state index in [1.54, 1.807) is 0 Å². The molecule has 1 aromatic carbocycles. The number of benzene rings is 1. The van der Waals surface area contributed by atoms with Crippen molar-refractivity contribution in [1.82, 2.24) is 39.6 Å². The maximum atomic E-state index is 5.03. The van der Waals surface area contributed by atoms with Crippen LogP contribution < -0.4 is 0 Å². The van der Waals surface area contributed by atoms with Gasteiger partial charge in [0.1, 0.15) is 11.2 Å². The van der Waals surface area contributed by atoms with Gasteiger partial charge in [0.25, 0.3) is 0 Å². The molecule has 0 radical (unpaired) electrons. The second kappa shape index (κ2) is 8.42. The van der Waals surface area contributed by atoms with E-state index in [-0.39, 0.29) is 0 Å². The highest BCUT2D eigenvalue weighted by Gasteiger charge is 2.16. The van der Waals surface area contributed by atoms with Crippen LogP contribution in [0.1, 0.15) is 24.1 Å². The van der Waals surface area contributed by atoms with Gasteiger partial charge >= 0.3 is 0 Å². The molecule has 1 aliphatic rings. The lowest BCUT2D eigenvalue weighted by Gasteiger charge is -2.14. The van der Waals surface area contributed by atoms with Crippen LogP contribution in [0.25, 0.3) is 50.3 Å². The number of hydrogen-bond acceptors (Lipinski definition) is 5. The van der Waals surface area contributed by atoms with Crippen LogP contribution in [-0.4, -0.2) is 52.7 Å². The third-order valence-electron chi connectivity index (χ3n) is 6.99. The second-order valence-corrected chi connectivity index (χ2v) is 9.57. The number of fused-ring (bicyclic) bond motifs is 2. The molecule has 1 fully saturated rings. The first-order valence-corrected chi connectivity index (χ1v) is 12.4. The van der Waals surface area contributed by atoms with Gasteiger partial charge in [-0.15, -0.1) is 0 Å². The highest BCUT2D eigenvalue weighted by atomic mass is 15.1. The van der Waals surface area contributed by atoms with Gasteiger partial charge in [-0.05, 0) is 74.8 Å². The van der Waals surface area contributed by atoms with Gasteiger partial charge in [-0.2, -0.15) is 5.10 Å². The van der Waals surface area contributed by atoms with Gasteiger partial charge in [0.15, 0.2) is 0 Å². The van der Waals surface area contributed by atoms with Crippen molar-refractivity contribution in [2.45, 2.75) is 26.3 Å². The first-order valence-electron chi connectivity index (χ1n) is 12.4. The number of aromatic amines is 2. The van der Waals surface area contributed by atoms with Crippen molar-refractivity contribution >= 4 is 21.9 Å². The van der Waals surface area contributed by atoms with Gasteiger partial charge in [-0.1, -0.05) is 6.07 Å². The topological polar surface area (TPSA) is 91.3 Å². The lowest BCUT2D eigenvalue weighted by atomic mass is 10.1. The van der Waals surface area contributed by atoms with E-state index in [0.717, 1.165) is 62.5 Å². The van der Waals surface area contributed by atoms with Crippen molar-refractivity contribution in [2.75, 3.05) is 13.1 Å². The van der Waals surface area contributed by atoms with Gasteiger partial charge in [0.2, 0.25) is 0 Å². The van der Waals surface area contributed by atoms with Gasteiger partial charge < -0.3 is 9.55 Å². The molecule has 0 amide bonds. The number of aryl methyl sites for hydroxylation is 1. The average molecular weight is 475 g/mol. The van der Waals surface area contributed by atoms with E-state index in [1.807, 2.05) is 44.0 Å². The Morgan fingerprint density at radius 3 is 2.78 bits per heavy atom. The van der Waals surface area contributed by atoms with Crippen LogP contribution in [0.3, 0.4) is 0 Å². The third-order valence-corrected chi connectivity index (χ3v) is 6.99. The molecular weight excluding hydrogens is 448 g/mol. The Balaban J connectivity index is 1.28. The number of hydrogen-bond donors (Lipinski definition) is 2. The van der Waals surface area contributed by atoms with Crippen molar-refractivity contribution in [2.24, 2.45) is 0 Å². The molecule has 1 aliphatic heterocycles. The molecule has 2 N–H and O–H groups in total. The second-order valence-electron chi connectivity index (χ2n) is 9.57. The van der Waals surface area contributed by atoms with Crippen molar-refractivity contribution in [3.8, 4) is 28.3 Å². The summed E-state index contributed by atoms with van der Waals surface area (Å²) in [4.78, 5) is 20.0. The third kappa shape index (κ3) is 3.67. The average Bonchev–Trinajstić information content (AvgIpc) is 3.70. The predicted molar refractivity (Wildman–Crippen MR) is 141 cm³/mol. The summed E-state index contributed by atoms with van der Waals surface area (Å²) in [5.74, 6) is 0. The van der Waals surface area contributed by atoms with Crippen molar-refractivity contribution in [1.29, 1.82) is 0 Å². The number of imidazole rings is 1. The molecule has 5 aromatic heterocycles. The van der Waals surface area contributed by atoms with Crippen LogP contribution in [0.5, 0.6) is 0 Å². The fourth-order valence-corrected chi connectivity index (χ4v) is 5.21. The molecular formula is C28H26N8. The normalized spacial score (nSPS) is 14.4. The van der Waals surface area contributed by atoms with Gasteiger partial charge in [0, 0.05) is 41.6 Å². The molecule has 178 valence electrons. The quantitative estimate of drug-likeness (QED) is 0.356. The maximum absolute atomic E-state index is 5.03. The van der Waals surface area contributed by atoms with Crippen LogP contribution in [0.2, 0.25) is 0 Å². The smallest absolute Gasteiger partial charge is 0.135 e. The van der Waals surface area contributed by atoms with E-state index < -0.39 is 0 Å². The van der Waals surface area contributed by atoms with Gasteiger partial charge in [0.05, 0.1) is 34.6 Å². The van der Waals surface area contributed by atoms with Crippen LogP contribution in [0.4, 0.5) is 0 Å². The summed E-state index contributed by atoms with van der Waals surface area (Å²) in [6, 6.07) is 14.7. The minimum Gasteiger partial charge on any atom is -0.353 e. The molecule has 36 heavy (non-hydrogen) atoms. The first-order chi connectivity index (χ1) is 17.7. The Kier molecular flexibility index (Phi) is 4.92. The van der Waals surface area contributed by atoms with Crippen molar-refractivity contribution in [3.05, 3.63) is 78.6 Å². The molecule has 7 rings (SSSR count). The number of nitrogens with zero attached hydrogens (tertiary/aromatic N) is 6. The number of rotatable bonds is 5. The SMILES string of the molecule is Cc1cn(-c2cccc3[nH]c(-c4n[nH]c5ccc(-c6cncc(CN7CCCC7)c6)nc45)cc23)cn1. The minimum atomic E-state index is 0.803. The Morgan fingerprint density at radius 2 is 1.92 bits per heavy atom. The molecule has 6 aromatic rings. The molecule has 0 bridgehead atoms. The number of pyridine rings is 2. The van der Waals surface area contributed by atoms with Crippen LogP contribution in [0.15, 0.2) is 67.4 Å². The predicted octanol–water partition coefficient (Wildman–Crippen LogP) is 5.26. The Morgan fingerprint density at radius 1 is 1.00 bits per heavy atom. The summed E-state index contributed by atoms with van der Waals surface area (Å²) in [5.41, 5.74) is 9.70. The molecule has 0 spiro atoms. The summed E-state index contributed by atoms with van der Waals surface area (Å²) < 4.78 is 2.05. The minimum absolute atomic E-state index is 0.803. The van der Waals surface area contributed by atoms with E-state index in [1.165, 1.54) is 31.5 Å². The molecule has 8 heteroatoms. The largest absolute Gasteiger partial charge is 0.353 e. The number of aromatic nitrogens is 7. The molecule has 0 atom stereocenters. The zero-order chi connectivity index (χ0) is 24.1. The summed E-state index contributed by atoms with van der Waals surface area (Å²) in [6.45, 7) is 5.27. The van der Waals surface area contributed by atoms with Crippen molar-refractivity contribution in [3.63, 3.8) is 0 Å². The molecule has 1 saturated heterocycles. The zero-order valence-corrected chi connectivity index (χ0v) is 20.1. The monoisotopic (exact) mass is 474 g/mol. The van der Waals surface area contributed by atoms with E-state index in [4.69, 9.17) is 4.98 Å². The molecule has 0 saturated carbocycles. The van der Waals surface area contributed by atoms with Gasteiger partial charge in [-0.25, -0.2) is 9.97 Å². The zero-order valence-electron chi connectivity index (χ0n) is 20.1. The maximum Gasteiger partial charge on any atom is 0.135 e. The first kappa shape index (κ1) is 21.0. The summed E-state index contributed by atoms with van der Waals surface area (Å²) in [7, 11) is 0. The molecule has 0 unspecified atom stereocenters. The molecule has 6 heterocycles. The summed E-state index contributed by atoms with van der Waals surface area (Å²) in [5, 5.41) is 8.88.